The Bertz CT molecular complexity index is 506. The van der Waals surface area contributed by atoms with Gasteiger partial charge in [-0.15, -0.1) is 0 Å². The molecule has 0 aromatic carbocycles. The Balaban J connectivity index is 3.01. The fraction of sp³-hybridized carbons (Fsp3) is 0.538. The smallest absolute Gasteiger partial charge is 0.369 e. The highest BCUT2D eigenvalue weighted by molar-refractivity contribution is 6.33. The van der Waals surface area contributed by atoms with Gasteiger partial charge in [-0.05, 0) is 26.8 Å². The molecule has 0 unspecified atom stereocenters. The quantitative estimate of drug-likeness (QED) is 0.901. The van der Waals surface area contributed by atoms with E-state index in [9.17, 15) is 18.0 Å². The molecule has 0 aliphatic carbocycles. The number of nitrogens with zero attached hydrogens (tertiary/aromatic N) is 2. The van der Waals surface area contributed by atoms with Crippen LogP contribution in [0.4, 0.5) is 19.0 Å². The second-order valence-corrected chi connectivity index (χ2v) is 5.13. The molecule has 0 aliphatic rings. The molecule has 1 aromatic heterocycles. The Kier molecular flexibility index (Phi) is 5.83. The zero-order valence-corrected chi connectivity index (χ0v) is 12.7. The number of alkyl halides is 3. The molecule has 8 heteroatoms. The third-order valence-corrected chi connectivity index (χ3v) is 2.95. The van der Waals surface area contributed by atoms with Crippen molar-refractivity contribution in [3.8, 4) is 0 Å². The molecule has 0 fully saturated rings. The molecule has 1 aromatic rings. The number of aromatic nitrogens is 1. The van der Waals surface area contributed by atoms with Gasteiger partial charge in [0.15, 0.2) is 0 Å². The maximum atomic E-state index is 12.5. The van der Waals surface area contributed by atoms with Gasteiger partial charge in [-0.25, -0.2) is 4.98 Å². The molecule has 21 heavy (non-hydrogen) atoms. The molecule has 1 rings (SSSR count). The molecule has 1 heterocycles. The molecule has 0 radical (unpaired) electrons. The van der Waals surface area contributed by atoms with Crippen molar-refractivity contribution < 1.29 is 18.0 Å². The van der Waals surface area contributed by atoms with Crippen LogP contribution < -0.4 is 5.32 Å². The molecule has 0 saturated carbocycles. The lowest BCUT2D eigenvalue weighted by Crippen LogP contribution is -2.43. The van der Waals surface area contributed by atoms with Gasteiger partial charge >= 0.3 is 6.18 Å². The van der Waals surface area contributed by atoms with Crippen LogP contribution >= 0.6 is 11.6 Å². The maximum absolute atomic E-state index is 12.5. The molecule has 1 amide bonds. The molecule has 0 atom stereocenters. The summed E-state index contributed by atoms with van der Waals surface area (Å²) in [5.74, 6) is -0.359. The zero-order chi connectivity index (χ0) is 16.2. The van der Waals surface area contributed by atoms with E-state index in [1.165, 1.54) is 26.1 Å². The molecule has 118 valence electrons. The second-order valence-electron chi connectivity index (χ2n) is 4.73. The van der Waals surface area contributed by atoms with Gasteiger partial charge in [-0.2, -0.15) is 13.2 Å². The third kappa shape index (κ3) is 5.08. The van der Waals surface area contributed by atoms with Crippen molar-refractivity contribution in [1.82, 2.24) is 9.88 Å². The van der Waals surface area contributed by atoms with E-state index >= 15 is 0 Å². The average Bonchev–Trinajstić information content (AvgIpc) is 2.36. The number of nitrogens with one attached hydrogen (secondary N) is 1. The Morgan fingerprint density at radius 1 is 1.48 bits per heavy atom. The van der Waals surface area contributed by atoms with Crippen LogP contribution in [0.2, 0.25) is 5.02 Å². The fourth-order valence-corrected chi connectivity index (χ4v) is 1.93. The first-order valence-electron chi connectivity index (χ1n) is 6.42. The highest BCUT2D eigenvalue weighted by atomic mass is 35.5. The van der Waals surface area contributed by atoms with Crippen LogP contribution in [0.3, 0.4) is 0 Å². The summed E-state index contributed by atoms with van der Waals surface area (Å²) in [7, 11) is 0. The van der Waals surface area contributed by atoms with E-state index in [2.05, 4.69) is 10.3 Å². The van der Waals surface area contributed by atoms with Crippen molar-refractivity contribution in [1.29, 1.82) is 0 Å². The monoisotopic (exact) mass is 323 g/mol. The maximum Gasteiger partial charge on any atom is 0.406 e. The second kappa shape index (κ2) is 6.98. The van der Waals surface area contributed by atoms with Crippen LogP contribution in [0, 0.1) is 0 Å². The molecule has 0 spiro atoms. The van der Waals surface area contributed by atoms with Crippen molar-refractivity contribution in [2.45, 2.75) is 33.0 Å². The Morgan fingerprint density at radius 2 is 2.10 bits per heavy atom. The van der Waals surface area contributed by atoms with Crippen molar-refractivity contribution in [2.75, 3.05) is 18.4 Å². The zero-order valence-electron chi connectivity index (χ0n) is 12.0. The van der Waals surface area contributed by atoms with Crippen LogP contribution in [0.25, 0.3) is 0 Å². The number of hydrogen-bond donors (Lipinski definition) is 1. The first-order valence-corrected chi connectivity index (χ1v) is 6.80. The molecule has 1 N–H and O–H groups in total. The minimum Gasteiger partial charge on any atom is -0.369 e. The summed E-state index contributed by atoms with van der Waals surface area (Å²) >= 11 is 5.95. The lowest BCUT2D eigenvalue weighted by Gasteiger charge is -2.27. The molecular weight excluding hydrogens is 307 g/mol. The van der Waals surface area contributed by atoms with E-state index in [0.29, 0.717) is 12.4 Å². The van der Waals surface area contributed by atoms with E-state index in [1.807, 2.05) is 6.92 Å². The highest BCUT2D eigenvalue weighted by Crippen LogP contribution is 2.23. The van der Waals surface area contributed by atoms with E-state index in [-0.39, 0.29) is 10.6 Å². The molecule has 0 aliphatic heterocycles. The Morgan fingerprint density at radius 3 is 2.52 bits per heavy atom. The Labute approximate surface area is 126 Å². The number of rotatable bonds is 5. The van der Waals surface area contributed by atoms with Gasteiger partial charge in [0.1, 0.15) is 12.4 Å². The molecule has 0 saturated heterocycles. The summed E-state index contributed by atoms with van der Waals surface area (Å²) in [5.41, 5.74) is 0.0274. The van der Waals surface area contributed by atoms with Gasteiger partial charge < -0.3 is 10.2 Å². The number of pyridine rings is 1. The van der Waals surface area contributed by atoms with Crippen molar-refractivity contribution in [3.63, 3.8) is 0 Å². The summed E-state index contributed by atoms with van der Waals surface area (Å²) in [5, 5.41) is 3.08. The van der Waals surface area contributed by atoms with Gasteiger partial charge in [-0.3, -0.25) is 4.79 Å². The predicted octanol–water partition coefficient (Wildman–Crippen LogP) is 3.58. The van der Waals surface area contributed by atoms with Crippen molar-refractivity contribution in [2.24, 2.45) is 0 Å². The SMILES string of the molecule is CCNc1ncc(C(=O)N(CC(F)(F)F)C(C)C)cc1Cl. The van der Waals surface area contributed by atoms with Crippen LogP contribution in [-0.4, -0.2) is 41.1 Å². The van der Waals surface area contributed by atoms with E-state index in [1.54, 1.807) is 0 Å². The molecule has 0 bridgehead atoms. The van der Waals surface area contributed by atoms with Gasteiger partial charge in [-0.1, -0.05) is 11.6 Å². The van der Waals surface area contributed by atoms with Gasteiger partial charge in [0.05, 0.1) is 10.6 Å². The number of halogens is 4. The summed E-state index contributed by atoms with van der Waals surface area (Å²) in [4.78, 5) is 16.9. The summed E-state index contributed by atoms with van der Waals surface area (Å²) < 4.78 is 37.6. The first-order chi connectivity index (χ1) is 9.65. The first kappa shape index (κ1) is 17.6. The van der Waals surface area contributed by atoms with Crippen LogP contribution in [-0.2, 0) is 0 Å². The normalized spacial score (nSPS) is 11.6. The summed E-state index contributed by atoms with van der Waals surface area (Å²) in [6.07, 6.45) is -3.24. The standard InChI is InChI=1S/C13H17ClF3N3O/c1-4-18-11-10(14)5-9(6-19-11)12(21)20(8(2)3)7-13(15,16)17/h5-6,8H,4,7H2,1-3H3,(H,18,19). The largest absolute Gasteiger partial charge is 0.406 e. The van der Waals surface area contributed by atoms with Gasteiger partial charge in [0.25, 0.3) is 5.91 Å². The average molecular weight is 324 g/mol. The highest BCUT2D eigenvalue weighted by Gasteiger charge is 2.34. The third-order valence-electron chi connectivity index (χ3n) is 2.67. The van der Waals surface area contributed by atoms with Crippen LogP contribution in [0.5, 0.6) is 0 Å². The topological polar surface area (TPSA) is 45.2 Å². The summed E-state index contributed by atoms with van der Waals surface area (Å²) in [6, 6.07) is 0.729. The lowest BCUT2D eigenvalue weighted by molar-refractivity contribution is -0.143. The van der Waals surface area contributed by atoms with E-state index in [4.69, 9.17) is 11.6 Å². The number of anilines is 1. The summed E-state index contributed by atoms with van der Waals surface area (Å²) in [6.45, 7) is 4.17. The number of hydrogen-bond acceptors (Lipinski definition) is 3. The lowest BCUT2D eigenvalue weighted by atomic mass is 10.2. The predicted molar refractivity (Wildman–Crippen MR) is 75.6 cm³/mol. The van der Waals surface area contributed by atoms with Crippen molar-refractivity contribution in [3.05, 3.63) is 22.8 Å². The molecular formula is C13H17ClF3N3O. The van der Waals surface area contributed by atoms with Gasteiger partial charge in [0, 0.05) is 18.8 Å². The Hall–Kier alpha value is -1.50. The molecule has 4 nitrogen and oxygen atoms in total. The van der Waals surface area contributed by atoms with E-state index in [0.717, 1.165) is 4.90 Å². The number of amides is 1. The minimum absolute atomic E-state index is 0.0274. The minimum atomic E-state index is -4.46. The van der Waals surface area contributed by atoms with Crippen LogP contribution in [0.15, 0.2) is 12.3 Å². The van der Waals surface area contributed by atoms with Crippen LogP contribution in [0.1, 0.15) is 31.1 Å². The fourth-order valence-electron chi connectivity index (χ4n) is 1.70. The number of carbonyl (C=O) groups excluding carboxylic acids is 1. The van der Waals surface area contributed by atoms with E-state index < -0.39 is 24.7 Å². The van der Waals surface area contributed by atoms with Gasteiger partial charge in [0.2, 0.25) is 0 Å². The van der Waals surface area contributed by atoms with Crippen molar-refractivity contribution >= 4 is 23.3 Å². The number of carbonyl (C=O) groups is 1.